The zero-order chi connectivity index (χ0) is 12.3. The van der Waals surface area contributed by atoms with E-state index in [1.165, 1.54) is 12.8 Å². The van der Waals surface area contributed by atoms with E-state index in [9.17, 15) is 0 Å². The Morgan fingerprint density at radius 1 is 1.29 bits per heavy atom. The Morgan fingerprint density at radius 3 is 2.59 bits per heavy atom. The Kier molecular flexibility index (Phi) is 4.42. The molecule has 2 heterocycles. The predicted octanol–water partition coefficient (Wildman–Crippen LogP) is 0.709. The molecule has 2 saturated heterocycles. The van der Waals surface area contributed by atoms with Gasteiger partial charge >= 0.3 is 0 Å². The van der Waals surface area contributed by atoms with Gasteiger partial charge in [0.1, 0.15) is 0 Å². The lowest BCUT2D eigenvalue weighted by molar-refractivity contribution is 0.0484. The van der Waals surface area contributed by atoms with Crippen LogP contribution in [0.15, 0.2) is 0 Å². The Labute approximate surface area is 104 Å². The molecule has 0 amide bonds. The molecule has 2 fully saturated rings. The molecule has 0 aromatic heterocycles. The molecule has 4 heteroatoms. The summed E-state index contributed by atoms with van der Waals surface area (Å²) < 4.78 is 10.9. The summed E-state index contributed by atoms with van der Waals surface area (Å²) in [5.74, 6) is 0.788. The van der Waals surface area contributed by atoms with Crippen LogP contribution in [-0.2, 0) is 9.47 Å². The second kappa shape index (κ2) is 5.65. The molecule has 2 rings (SSSR count). The van der Waals surface area contributed by atoms with Gasteiger partial charge in [-0.3, -0.25) is 0 Å². The molecular weight excluding hydrogens is 216 g/mol. The van der Waals surface area contributed by atoms with Crippen molar-refractivity contribution in [1.29, 1.82) is 0 Å². The van der Waals surface area contributed by atoms with E-state index in [2.05, 4.69) is 18.9 Å². The first-order chi connectivity index (χ1) is 8.10. The molecule has 0 aliphatic carbocycles. The number of nitrogens with zero attached hydrogens (tertiary/aromatic N) is 1. The fourth-order valence-corrected chi connectivity index (χ4v) is 2.94. The summed E-state index contributed by atoms with van der Waals surface area (Å²) in [4.78, 5) is 2.42. The second-order valence-electron chi connectivity index (χ2n) is 6.03. The molecule has 0 saturated carbocycles. The predicted molar refractivity (Wildman–Crippen MR) is 67.9 cm³/mol. The van der Waals surface area contributed by atoms with E-state index < -0.39 is 0 Å². The third kappa shape index (κ3) is 3.41. The van der Waals surface area contributed by atoms with Crippen molar-refractivity contribution in [2.75, 3.05) is 46.6 Å². The number of hydrogen-bond acceptors (Lipinski definition) is 4. The fraction of sp³-hybridized carbons (Fsp3) is 1.00. The van der Waals surface area contributed by atoms with Crippen LogP contribution in [0, 0.1) is 11.3 Å². The van der Waals surface area contributed by atoms with Crippen molar-refractivity contribution in [3.63, 3.8) is 0 Å². The van der Waals surface area contributed by atoms with Crippen molar-refractivity contribution in [2.24, 2.45) is 17.1 Å². The van der Waals surface area contributed by atoms with E-state index in [0.29, 0.717) is 6.61 Å². The highest BCUT2D eigenvalue weighted by Crippen LogP contribution is 2.28. The van der Waals surface area contributed by atoms with Crippen LogP contribution in [0.4, 0.5) is 0 Å². The van der Waals surface area contributed by atoms with E-state index in [-0.39, 0.29) is 11.5 Å². The highest BCUT2D eigenvalue weighted by atomic mass is 16.5. The molecule has 0 bridgehead atoms. The maximum absolute atomic E-state index is 6.12. The van der Waals surface area contributed by atoms with Gasteiger partial charge in [-0.15, -0.1) is 0 Å². The van der Waals surface area contributed by atoms with Crippen LogP contribution in [0.25, 0.3) is 0 Å². The minimum atomic E-state index is 0.125. The molecule has 2 unspecified atom stereocenters. The first-order valence-corrected chi connectivity index (χ1v) is 6.70. The van der Waals surface area contributed by atoms with Crippen LogP contribution in [-0.4, -0.2) is 57.5 Å². The molecule has 0 aromatic carbocycles. The topological polar surface area (TPSA) is 47.7 Å². The molecule has 0 aromatic rings. The zero-order valence-electron chi connectivity index (χ0n) is 11.2. The van der Waals surface area contributed by atoms with Crippen LogP contribution in [0.1, 0.15) is 19.8 Å². The highest BCUT2D eigenvalue weighted by Gasteiger charge is 2.38. The van der Waals surface area contributed by atoms with Gasteiger partial charge in [-0.05, 0) is 25.8 Å². The van der Waals surface area contributed by atoms with Crippen LogP contribution in [0.2, 0.25) is 0 Å². The van der Waals surface area contributed by atoms with Crippen LogP contribution >= 0.6 is 0 Å². The first kappa shape index (κ1) is 13.3. The molecule has 0 spiro atoms. The van der Waals surface area contributed by atoms with Gasteiger partial charge in [0.2, 0.25) is 0 Å². The molecular formula is C13H26N2O2. The average Bonchev–Trinajstić information content (AvgIpc) is 2.60. The quantitative estimate of drug-likeness (QED) is 0.789. The maximum atomic E-state index is 6.12. The lowest BCUT2D eigenvalue weighted by Gasteiger charge is -2.34. The van der Waals surface area contributed by atoms with Crippen LogP contribution in [0.5, 0.6) is 0 Å². The smallest absolute Gasteiger partial charge is 0.0624 e. The minimum Gasteiger partial charge on any atom is -0.381 e. The SMILES string of the molecule is CN(CC1CCOCC1)CC1(C)COCC1N. The second-order valence-corrected chi connectivity index (χ2v) is 6.03. The van der Waals surface area contributed by atoms with E-state index in [0.717, 1.165) is 38.8 Å². The molecule has 4 nitrogen and oxygen atoms in total. The molecule has 2 aliphatic rings. The van der Waals surface area contributed by atoms with Gasteiger partial charge in [-0.1, -0.05) is 6.92 Å². The molecule has 100 valence electrons. The maximum Gasteiger partial charge on any atom is 0.0624 e. The van der Waals surface area contributed by atoms with Crippen molar-refractivity contribution in [2.45, 2.75) is 25.8 Å². The van der Waals surface area contributed by atoms with Crippen LogP contribution < -0.4 is 5.73 Å². The van der Waals surface area contributed by atoms with Crippen molar-refractivity contribution in [3.05, 3.63) is 0 Å². The minimum absolute atomic E-state index is 0.125. The summed E-state index contributed by atoms with van der Waals surface area (Å²) in [5, 5.41) is 0. The molecule has 0 radical (unpaired) electrons. The third-order valence-electron chi connectivity index (χ3n) is 4.17. The van der Waals surface area contributed by atoms with Crippen molar-refractivity contribution < 1.29 is 9.47 Å². The monoisotopic (exact) mass is 242 g/mol. The number of hydrogen-bond donors (Lipinski definition) is 1. The van der Waals surface area contributed by atoms with Gasteiger partial charge in [-0.25, -0.2) is 0 Å². The fourth-order valence-electron chi connectivity index (χ4n) is 2.94. The van der Waals surface area contributed by atoms with E-state index in [4.69, 9.17) is 15.2 Å². The number of ether oxygens (including phenoxy) is 2. The van der Waals surface area contributed by atoms with Gasteiger partial charge in [0.15, 0.2) is 0 Å². The molecule has 2 aliphatic heterocycles. The summed E-state index contributed by atoms with van der Waals surface area (Å²) in [6, 6.07) is 0.180. The Bertz CT molecular complexity index is 244. The summed E-state index contributed by atoms with van der Waals surface area (Å²) in [6.45, 7) is 7.80. The standard InChI is InChI=1S/C13H26N2O2/c1-13(10-17-8-12(13)14)9-15(2)7-11-3-5-16-6-4-11/h11-12H,3-10,14H2,1-2H3. The zero-order valence-corrected chi connectivity index (χ0v) is 11.2. The van der Waals surface area contributed by atoms with Gasteiger partial charge in [0.25, 0.3) is 0 Å². The van der Waals surface area contributed by atoms with Gasteiger partial charge in [0.05, 0.1) is 13.2 Å². The largest absolute Gasteiger partial charge is 0.381 e. The molecule has 2 atom stereocenters. The Balaban J connectivity index is 1.77. The molecule has 2 N–H and O–H groups in total. The van der Waals surface area contributed by atoms with Crippen molar-refractivity contribution in [1.82, 2.24) is 4.90 Å². The van der Waals surface area contributed by atoms with Crippen LogP contribution in [0.3, 0.4) is 0 Å². The lowest BCUT2D eigenvalue weighted by Crippen LogP contribution is -2.47. The van der Waals surface area contributed by atoms with Crippen molar-refractivity contribution in [3.8, 4) is 0 Å². The Morgan fingerprint density at radius 2 is 2.00 bits per heavy atom. The summed E-state index contributed by atoms with van der Waals surface area (Å²) >= 11 is 0. The third-order valence-corrected chi connectivity index (χ3v) is 4.17. The lowest BCUT2D eigenvalue weighted by atomic mass is 9.85. The van der Waals surface area contributed by atoms with Gasteiger partial charge in [0, 0.05) is 37.8 Å². The van der Waals surface area contributed by atoms with Crippen molar-refractivity contribution >= 4 is 0 Å². The first-order valence-electron chi connectivity index (χ1n) is 6.70. The highest BCUT2D eigenvalue weighted by molar-refractivity contribution is 4.92. The number of nitrogens with two attached hydrogens (primary N) is 1. The van der Waals surface area contributed by atoms with E-state index in [1.54, 1.807) is 0 Å². The van der Waals surface area contributed by atoms with Gasteiger partial charge < -0.3 is 20.1 Å². The molecule has 17 heavy (non-hydrogen) atoms. The van der Waals surface area contributed by atoms with Gasteiger partial charge in [-0.2, -0.15) is 0 Å². The van der Waals surface area contributed by atoms with E-state index >= 15 is 0 Å². The summed E-state index contributed by atoms with van der Waals surface area (Å²) in [6.07, 6.45) is 2.40. The summed E-state index contributed by atoms with van der Waals surface area (Å²) in [5.41, 5.74) is 6.25. The normalized spacial score (nSPS) is 35.6. The van der Waals surface area contributed by atoms with E-state index in [1.807, 2.05) is 0 Å². The Hall–Kier alpha value is -0.160. The summed E-state index contributed by atoms with van der Waals surface area (Å²) in [7, 11) is 2.20. The number of rotatable bonds is 4. The average molecular weight is 242 g/mol.